The number of thiazole rings is 1. The van der Waals surface area contributed by atoms with Crippen LogP contribution >= 0.6 is 11.3 Å². The van der Waals surface area contributed by atoms with Gasteiger partial charge in [-0.2, -0.15) is 0 Å². The molecule has 7 heteroatoms. The molecule has 2 aliphatic rings. The quantitative estimate of drug-likeness (QED) is 0.726. The van der Waals surface area contributed by atoms with Gasteiger partial charge in [0.25, 0.3) is 0 Å². The van der Waals surface area contributed by atoms with E-state index in [1.54, 1.807) is 35.8 Å². The normalized spacial score (nSPS) is 19.9. The van der Waals surface area contributed by atoms with E-state index in [2.05, 4.69) is 10.7 Å². The van der Waals surface area contributed by atoms with Crippen molar-refractivity contribution in [3.8, 4) is 0 Å². The minimum Gasteiger partial charge on any atom is -0.465 e. The summed E-state index contributed by atoms with van der Waals surface area (Å²) in [4.78, 5) is 30.8. The first kappa shape index (κ1) is 18.9. The highest BCUT2D eigenvalue weighted by Gasteiger charge is 2.29. The number of piperidine rings is 1. The minimum absolute atomic E-state index is 0.0145. The molecule has 1 aliphatic heterocycles. The molecule has 1 saturated heterocycles. The SMILES string of the molecule is O=C(NCCc1csc([C@H]2CCCN(C(=O)/C=C/c3ccco3)C2)n1)C1CC1. The van der Waals surface area contributed by atoms with Gasteiger partial charge in [-0.25, -0.2) is 4.98 Å². The van der Waals surface area contributed by atoms with Crippen LogP contribution in [-0.2, 0) is 16.0 Å². The second-order valence-electron chi connectivity index (χ2n) is 7.46. The molecule has 1 aliphatic carbocycles. The first-order chi connectivity index (χ1) is 13.7. The number of hydrogen-bond acceptors (Lipinski definition) is 5. The number of nitrogens with one attached hydrogen (secondary N) is 1. The first-order valence-corrected chi connectivity index (χ1v) is 10.8. The Labute approximate surface area is 168 Å². The fraction of sp³-hybridized carbons (Fsp3) is 0.476. The van der Waals surface area contributed by atoms with Gasteiger partial charge in [0.1, 0.15) is 5.76 Å². The third kappa shape index (κ3) is 4.90. The van der Waals surface area contributed by atoms with Crippen LogP contribution in [0.2, 0.25) is 0 Å². The first-order valence-electron chi connectivity index (χ1n) is 9.91. The molecule has 2 amide bonds. The third-order valence-corrected chi connectivity index (χ3v) is 6.27. The summed E-state index contributed by atoms with van der Waals surface area (Å²) in [5.41, 5.74) is 1.03. The molecule has 0 radical (unpaired) electrons. The van der Waals surface area contributed by atoms with Crippen LogP contribution in [0.5, 0.6) is 0 Å². The molecule has 2 aromatic heterocycles. The summed E-state index contributed by atoms with van der Waals surface area (Å²) >= 11 is 1.66. The average molecular weight is 400 g/mol. The predicted octanol–water partition coefficient (Wildman–Crippen LogP) is 3.22. The molecule has 0 unspecified atom stereocenters. The van der Waals surface area contributed by atoms with E-state index in [1.807, 2.05) is 11.0 Å². The molecule has 3 heterocycles. The molecule has 6 nitrogen and oxygen atoms in total. The highest BCUT2D eigenvalue weighted by molar-refractivity contribution is 7.09. The van der Waals surface area contributed by atoms with E-state index >= 15 is 0 Å². The Morgan fingerprint density at radius 3 is 3.04 bits per heavy atom. The third-order valence-electron chi connectivity index (χ3n) is 5.21. The van der Waals surface area contributed by atoms with Crippen LogP contribution in [0.4, 0.5) is 0 Å². The number of nitrogens with zero attached hydrogens (tertiary/aromatic N) is 2. The molecule has 0 bridgehead atoms. The Bertz CT molecular complexity index is 839. The second kappa shape index (κ2) is 8.73. The Morgan fingerprint density at radius 2 is 2.25 bits per heavy atom. The highest BCUT2D eigenvalue weighted by atomic mass is 32.1. The van der Waals surface area contributed by atoms with Crippen LogP contribution in [0.1, 0.15) is 48.1 Å². The number of hydrogen-bond donors (Lipinski definition) is 1. The van der Waals surface area contributed by atoms with Crippen molar-refractivity contribution in [2.75, 3.05) is 19.6 Å². The second-order valence-corrected chi connectivity index (χ2v) is 8.35. The van der Waals surface area contributed by atoms with Crippen molar-refractivity contribution in [1.29, 1.82) is 0 Å². The molecular formula is C21H25N3O3S. The summed E-state index contributed by atoms with van der Waals surface area (Å²) in [6.45, 7) is 2.13. The number of rotatable bonds is 7. The zero-order valence-corrected chi connectivity index (χ0v) is 16.6. The van der Waals surface area contributed by atoms with Crippen LogP contribution in [0.15, 0.2) is 34.3 Å². The van der Waals surface area contributed by atoms with Crippen molar-refractivity contribution in [2.45, 2.75) is 38.0 Å². The topological polar surface area (TPSA) is 75.4 Å². The molecule has 148 valence electrons. The van der Waals surface area contributed by atoms with Crippen LogP contribution in [0.3, 0.4) is 0 Å². The van der Waals surface area contributed by atoms with Crippen LogP contribution in [-0.4, -0.2) is 41.3 Å². The van der Waals surface area contributed by atoms with Crippen molar-refractivity contribution in [2.24, 2.45) is 5.92 Å². The lowest BCUT2D eigenvalue weighted by molar-refractivity contribution is -0.127. The maximum absolute atomic E-state index is 12.5. The molecule has 4 rings (SSSR count). The molecule has 1 atom stereocenters. The van der Waals surface area contributed by atoms with Crippen molar-refractivity contribution in [3.05, 3.63) is 46.3 Å². The summed E-state index contributed by atoms with van der Waals surface area (Å²) in [6.07, 6.45) is 9.74. The zero-order valence-electron chi connectivity index (χ0n) is 15.8. The van der Waals surface area contributed by atoms with Gasteiger partial charge in [0.05, 0.1) is 17.0 Å². The molecule has 0 aromatic carbocycles. The molecule has 2 fully saturated rings. The lowest BCUT2D eigenvalue weighted by atomic mass is 9.98. The van der Waals surface area contributed by atoms with Gasteiger partial charge in [-0.1, -0.05) is 0 Å². The van der Waals surface area contributed by atoms with Gasteiger partial charge in [-0.3, -0.25) is 9.59 Å². The van der Waals surface area contributed by atoms with Gasteiger partial charge in [-0.15, -0.1) is 11.3 Å². The predicted molar refractivity (Wildman–Crippen MR) is 108 cm³/mol. The standard InChI is InChI=1S/C21H25N3O3S/c25-19(8-7-18-4-2-12-27-18)24-11-1-3-16(13-24)21-23-17(14-28-21)9-10-22-20(26)15-5-6-15/h2,4,7-8,12,14-16H,1,3,5-6,9-11,13H2,(H,22,26)/b8-7+/t16-/m0/s1. The molecule has 28 heavy (non-hydrogen) atoms. The lowest BCUT2D eigenvalue weighted by Gasteiger charge is -2.31. The molecule has 2 aromatic rings. The van der Waals surface area contributed by atoms with Crippen LogP contribution in [0, 0.1) is 5.92 Å². The fourth-order valence-corrected chi connectivity index (χ4v) is 4.43. The number of aromatic nitrogens is 1. The Morgan fingerprint density at radius 1 is 1.36 bits per heavy atom. The number of furan rings is 1. The summed E-state index contributed by atoms with van der Waals surface area (Å²) in [7, 11) is 0. The van der Waals surface area contributed by atoms with Crippen molar-refractivity contribution >= 4 is 29.2 Å². The molecule has 1 N–H and O–H groups in total. The van der Waals surface area contributed by atoms with Gasteiger partial charge in [-0.05, 0) is 43.9 Å². The Balaban J connectivity index is 1.28. The van der Waals surface area contributed by atoms with Gasteiger partial charge in [0.15, 0.2) is 0 Å². The van der Waals surface area contributed by atoms with Crippen molar-refractivity contribution in [3.63, 3.8) is 0 Å². The van der Waals surface area contributed by atoms with Gasteiger partial charge >= 0.3 is 0 Å². The number of amides is 2. The van der Waals surface area contributed by atoms with E-state index in [1.165, 1.54) is 0 Å². The van der Waals surface area contributed by atoms with Crippen molar-refractivity contribution < 1.29 is 14.0 Å². The lowest BCUT2D eigenvalue weighted by Crippen LogP contribution is -2.38. The Kier molecular flexibility index (Phi) is 5.90. The van der Waals surface area contributed by atoms with E-state index in [4.69, 9.17) is 9.40 Å². The summed E-state index contributed by atoms with van der Waals surface area (Å²) < 4.78 is 5.24. The number of carbonyl (C=O) groups excluding carboxylic acids is 2. The van der Waals surface area contributed by atoms with Crippen LogP contribution < -0.4 is 5.32 Å². The number of likely N-dealkylation sites (tertiary alicyclic amines) is 1. The van der Waals surface area contributed by atoms with E-state index in [0.717, 1.165) is 49.4 Å². The van der Waals surface area contributed by atoms with Crippen LogP contribution in [0.25, 0.3) is 6.08 Å². The smallest absolute Gasteiger partial charge is 0.246 e. The average Bonchev–Trinajstić information content (AvgIpc) is 3.24. The van der Waals surface area contributed by atoms with E-state index in [-0.39, 0.29) is 23.7 Å². The molecule has 0 spiro atoms. The summed E-state index contributed by atoms with van der Waals surface area (Å²) in [5, 5.41) is 6.16. The zero-order chi connectivity index (χ0) is 19.3. The van der Waals surface area contributed by atoms with Crippen molar-refractivity contribution in [1.82, 2.24) is 15.2 Å². The Hall–Kier alpha value is -2.41. The molecule has 1 saturated carbocycles. The highest BCUT2D eigenvalue weighted by Crippen LogP contribution is 2.30. The summed E-state index contributed by atoms with van der Waals surface area (Å²) in [5.74, 6) is 1.41. The monoisotopic (exact) mass is 399 g/mol. The maximum atomic E-state index is 12.5. The van der Waals surface area contributed by atoms with E-state index in [9.17, 15) is 9.59 Å². The summed E-state index contributed by atoms with van der Waals surface area (Å²) in [6, 6.07) is 3.63. The van der Waals surface area contributed by atoms with Gasteiger partial charge < -0.3 is 14.6 Å². The minimum atomic E-state index is 0.0145. The van der Waals surface area contributed by atoms with E-state index in [0.29, 0.717) is 18.8 Å². The maximum Gasteiger partial charge on any atom is 0.246 e. The number of carbonyl (C=O) groups is 2. The molecular weight excluding hydrogens is 374 g/mol. The van der Waals surface area contributed by atoms with Gasteiger partial charge in [0.2, 0.25) is 11.8 Å². The fourth-order valence-electron chi connectivity index (χ4n) is 3.45. The largest absolute Gasteiger partial charge is 0.465 e. The van der Waals surface area contributed by atoms with E-state index < -0.39 is 0 Å². The van der Waals surface area contributed by atoms with Gasteiger partial charge in [0, 0.05) is 49.3 Å².